The second-order valence-electron chi connectivity index (χ2n) is 4.33. The van der Waals surface area contributed by atoms with Gasteiger partial charge in [0.1, 0.15) is 0 Å². The van der Waals surface area contributed by atoms with Crippen LogP contribution < -0.4 is 5.32 Å². The Hall–Kier alpha value is -1.00. The van der Waals surface area contributed by atoms with Gasteiger partial charge in [0.15, 0.2) is 0 Å². The molecule has 0 unspecified atom stereocenters. The minimum atomic E-state index is -0.113. The molecule has 0 heterocycles. The summed E-state index contributed by atoms with van der Waals surface area (Å²) in [6.07, 6.45) is 0.755. The molecule has 0 saturated carbocycles. The zero-order chi connectivity index (χ0) is 13.4. The van der Waals surface area contributed by atoms with E-state index in [2.05, 4.69) is 36.5 Å². The van der Waals surface area contributed by atoms with Gasteiger partial charge in [-0.2, -0.15) is 0 Å². The highest BCUT2D eigenvalue weighted by Crippen LogP contribution is 2.12. The molecule has 0 spiro atoms. The first kappa shape index (κ1) is 15.1. The molecule has 1 atom stereocenters. The zero-order valence-corrected chi connectivity index (χ0v) is 11.8. The highest BCUT2D eigenvalue weighted by molar-refractivity contribution is 7.99. The van der Waals surface area contributed by atoms with Crippen molar-refractivity contribution >= 4 is 17.7 Å². The van der Waals surface area contributed by atoms with Crippen molar-refractivity contribution < 1.29 is 9.90 Å². The maximum absolute atomic E-state index is 11.6. The van der Waals surface area contributed by atoms with Crippen molar-refractivity contribution in [1.29, 1.82) is 0 Å². The highest BCUT2D eigenvalue weighted by Gasteiger charge is 2.08. The van der Waals surface area contributed by atoms with Crippen LogP contribution >= 0.6 is 11.8 Å². The van der Waals surface area contributed by atoms with Gasteiger partial charge in [-0.1, -0.05) is 36.8 Å². The van der Waals surface area contributed by atoms with Crippen molar-refractivity contribution in [1.82, 2.24) is 5.32 Å². The topological polar surface area (TPSA) is 49.3 Å². The molecule has 100 valence electrons. The monoisotopic (exact) mass is 267 g/mol. The van der Waals surface area contributed by atoms with Gasteiger partial charge in [-0.25, -0.2) is 0 Å². The van der Waals surface area contributed by atoms with Crippen LogP contribution in [0.25, 0.3) is 0 Å². The lowest BCUT2D eigenvalue weighted by atomic mass is 10.2. The molecule has 0 aliphatic carbocycles. The molecule has 1 aromatic carbocycles. The second kappa shape index (κ2) is 8.16. The van der Waals surface area contributed by atoms with Crippen molar-refractivity contribution in [3.63, 3.8) is 0 Å². The van der Waals surface area contributed by atoms with Crippen molar-refractivity contribution in [2.75, 3.05) is 12.4 Å². The average molecular weight is 267 g/mol. The Morgan fingerprint density at radius 3 is 2.61 bits per heavy atom. The van der Waals surface area contributed by atoms with Crippen LogP contribution in [-0.2, 0) is 10.5 Å². The summed E-state index contributed by atoms with van der Waals surface area (Å²) in [4.78, 5) is 11.6. The van der Waals surface area contributed by atoms with E-state index >= 15 is 0 Å². The molecule has 0 aromatic heterocycles. The van der Waals surface area contributed by atoms with Crippen LogP contribution in [0, 0.1) is 6.92 Å². The summed E-state index contributed by atoms with van der Waals surface area (Å²) in [6.45, 7) is 4.01. The summed E-state index contributed by atoms with van der Waals surface area (Å²) in [7, 11) is 0. The van der Waals surface area contributed by atoms with Gasteiger partial charge in [-0.3, -0.25) is 4.79 Å². The van der Waals surface area contributed by atoms with E-state index in [1.54, 1.807) is 11.8 Å². The third-order valence-electron chi connectivity index (χ3n) is 2.70. The Labute approximate surface area is 113 Å². The first-order valence-electron chi connectivity index (χ1n) is 6.19. The number of aryl methyl sites for hydroxylation is 1. The predicted molar refractivity (Wildman–Crippen MR) is 76.6 cm³/mol. The Morgan fingerprint density at radius 1 is 1.39 bits per heavy atom. The Balaban J connectivity index is 2.25. The fourth-order valence-corrected chi connectivity index (χ4v) is 2.29. The van der Waals surface area contributed by atoms with Gasteiger partial charge < -0.3 is 10.4 Å². The van der Waals surface area contributed by atoms with Gasteiger partial charge in [-0.05, 0) is 18.9 Å². The van der Waals surface area contributed by atoms with Gasteiger partial charge in [0.25, 0.3) is 0 Å². The van der Waals surface area contributed by atoms with E-state index in [0.29, 0.717) is 5.75 Å². The van der Waals surface area contributed by atoms with Crippen molar-refractivity contribution in [3.05, 3.63) is 35.4 Å². The minimum Gasteiger partial charge on any atom is -0.394 e. The van der Waals surface area contributed by atoms with Gasteiger partial charge in [0, 0.05) is 5.75 Å². The van der Waals surface area contributed by atoms with Gasteiger partial charge in [0.05, 0.1) is 18.4 Å². The van der Waals surface area contributed by atoms with Crippen LogP contribution in [0.3, 0.4) is 0 Å². The molecule has 0 aliphatic heterocycles. The Morgan fingerprint density at radius 2 is 2.06 bits per heavy atom. The van der Waals surface area contributed by atoms with E-state index in [1.807, 2.05) is 6.92 Å². The Kier molecular flexibility index (Phi) is 6.83. The van der Waals surface area contributed by atoms with Crippen LogP contribution in [0.1, 0.15) is 24.5 Å². The summed E-state index contributed by atoms with van der Waals surface area (Å²) in [5.74, 6) is 1.27. The highest BCUT2D eigenvalue weighted by atomic mass is 32.2. The van der Waals surface area contributed by atoms with Crippen LogP contribution in [0.2, 0.25) is 0 Å². The average Bonchev–Trinajstić information content (AvgIpc) is 2.38. The fourth-order valence-electron chi connectivity index (χ4n) is 1.49. The third kappa shape index (κ3) is 5.56. The van der Waals surface area contributed by atoms with E-state index in [9.17, 15) is 4.79 Å². The zero-order valence-electron chi connectivity index (χ0n) is 11.0. The molecule has 0 saturated heterocycles. The molecule has 1 aromatic rings. The summed E-state index contributed by atoms with van der Waals surface area (Å²) in [5.41, 5.74) is 2.47. The van der Waals surface area contributed by atoms with Gasteiger partial charge in [0.2, 0.25) is 5.91 Å². The summed E-state index contributed by atoms with van der Waals surface area (Å²) >= 11 is 1.59. The van der Waals surface area contributed by atoms with Crippen molar-refractivity contribution in [3.8, 4) is 0 Å². The van der Waals surface area contributed by atoms with Crippen LogP contribution in [-0.4, -0.2) is 29.4 Å². The molecule has 3 nitrogen and oxygen atoms in total. The largest absolute Gasteiger partial charge is 0.394 e. The number of thioether (sulfide) groups is 1. The number of carbonyl (C=O) groups is 1. The normalized spacial score (nSPS) is 12.2. The quantitative estimate of drug-likeness (QED) is 0.795. The number of hydrogen-bond donors (Lipinski definition) is 2. The standard InChI is InChI=1S/C14H21NO2S/c1-3-13(8-16)15-14(17)10-18-9-12-6-4-11(2)5-7-12/h4-7,13,16H,3,8-10H2,1-2H3,(H,15,17)/t13-/m1/s1. The van der Waals surface area contributed by atoms with Crippen LogP contribution in [0.5, 0.6) is 0 Å². The lowest BCUT2D eigenvalue weighted by Gasteiger charge is -2.13. The van der Waals surface area contributed by atoms with Gasteiger partial charge in [-0.15, -0.1) is 11.8 Å². The second-order valence-corrected chi connectivity index (χ2v) is 5.32. The third-order valence-corrected chi connectivity index (χ3v) is 3.70. The van der Waals surface area contributed by atoms with Crippen molar-refractivity contribution in [2.45, 2.75) is 32.1 Å². The molecule has 0 radical (unpaired) electrons. The number of aliphatic hydroxyl groups is 1. The van der Waals surface area contributed by atoms with E-state index in [0.717, 1.165) is 12.2 Å². The summed E-state index contributed by atoms with van der Waals surface area (Å²) in [6, 6.07) is 8.22. The molecule has 4 heteroatoms. The number of nitrogens with one attached hydrogen (secondary N) is 1. The smallest absolute Gasteiger partial charge is 0.230 e. The van der Waals surface area contributed by atoms with Gasteiger partial charge >= 0.3 is 0 Å². The molecule has 0 bridgehead atoms. The molecule has 0 aliphatic rings. The molecule has 2 N–H and O–H groups in total. The maximum Gasteiger partial charge on any atom is 0.230 e. The number of carbonyl (C=O) groups excluding carboxylic acids is 1. The van der Waals surface area contributed by atoms with Crippen LogP contribution in [0.4, 0.5) is 0 Å². The molecule has 1 amide bonds. The Bertz CT molecular complexity index is 361. The molecule has 1 rings (SSSR count). The van der Waals surface area contributed by atoms with Crippen LogP contribution in [0.15, 0.2) is 24.3 Å². The molecular formula is C14H21NO2S. The first-order valence-corrected chi connectivity index (χ1v) is 7.34. The maximum atomic E-state index is 11.6. The number of rotatable bonds is 7. The number of amides is 1. The number of aliphatic hydroxyl groups excluding tert-OH is 1. The van der Waals surface area contributed by atoms with E-state index < -0.39 is 0 Å². The SMILES string of the molecule is CC[C@H](CO)NC(=O)CSCc1ccc(C)cc1. The van der Waals surface area contributed by atoms with E-state index in [-0.39, 0.29) is 18.6 Å². The predicted octanol–water partition coefficient (Wildman–Crippen LogP) is 2.12. The fraction of sp³-hybridized carbons (Fsp3) is 0.500. The number of benzene rings is 1. The van der Waals surface area contributed by atoms with E-state index in [4.69, 9.17) is 5.11 Å². The summed E-state index contributed by atoms with van der Waals surface area (Å²) in [5, 5.41) is 11.8. The molecule has 18 heavy (non-hydrogen) atoms. The molecule has 0 fully saturated rings. The summed E-state index contributed by atoms with van der Waals surface area (Å²) < 4.78 is 0. The first-order chi connectivity index (χ1) is 8.65. The lowest BCUT2D eigenvalue weighted by Crippen LogP contribution is -2.37. The minimum absolute atomic E-state index is 0.00483. The lowest BCUT2D eigenvalue weighted by molar-refractivity contribution is -0.119. The number of hydrogen-bond acceptors (Lipinski definition) is 3. The van der Waals surface area contributed by atoms with Crippen molar-refractivity contribution in [2.24, 2.45) is 0 Å². The molecular weight excluding hydrogens is 246 g/mol. The van der Waals surface area contributed by atoms with E-state index in [1.165, 1.54) is 11.1 Å².